The van der Waals surface area contributed by atoms with Crippen LogP contribution in [0, 0.1) is 16.7 Å². The van der Waals surface area contributed by atoms with Gasteiger partial charge in [-0.25, -0.2) is 0 Å². The zero-order valence-corrected chi connectivity index (χ0v) is 23.2. The molecule has 0 saturated heterocycles. The Kier molecular flexibility index (Phi) is 7.79. The molecule has 0 aromatic heterocycles. The average molecular weight is 496 g/mol. The van der Waals surface area contributed by atoms with Gasteiger partial charge < -0.3 is 5.11 Å². The van der Waals surface area contributed by atoms with E-state index < -0.39 is 14.0 Å². The van der Waals surface area contributed by atoms with Gasteiger partial charge in [-0.1, -0.05) is 133 Å². The first-order valence-electron chi connectivity index (χ1n) is 12.7. The lowest BCUT2D eigenvalue weighted by Crippen LogP contribution is -2.33. The van der Waals surface area contributed by atoms with Gasteiger partial charge in [0.2, 0.25) is 0 Å². The number of aliphatic imine (C=N–C) groups is 1. The molecule has 0 spiro atoms. The van der Waals surface area contributed by atoms with Crippen LogP contribution < -0.4 is 15.9 Å². The average Bonchev–Trinajstić information content (AvgIpc) is 2.84. The fourth-order valence-corrected chi connectivity index (χ4v) is 6.96. The van der Waals surface area contributed by atoms with Crippen molar-refractivity contribution >= 4 is 35.7 Å². The van der Waals surface area contributed by atoms with E-state index in [9.17, 15) is 5.11 Å². The normalized spacial score (nSPS) is 18.9. The van der Waals surface area contributed by atoms with E-state index in [2.05, 4.69) is 133 Å². The van der Waals surface area contributed by atoms with Gasteiger partial charge in [0.05, 0.1) is 11.8 Å². The molecule has 0 heterocycles. The Balaban J connectivity index is 1.77. The van der Waals surface area contributed by atoms with Crippen molar-refractivity contribution in [3.63, 3.8) is 0 Å². The summed E-state index contributed by atoms with van der Waals surface area (Å²) < 4.78 is 0. The number of hydrogen-bond acceptors (Lipinski definition) is 2. The van der Waals surface area contributed by atoms with Crippen molar-refractivity contribution < 1.29 is 5.11 Å². The fourth-order valence-electron chi connectivity index (χ4n) is 4.57. The van der Waals surface area contributed by atoms with Crippen LogP contribution in [-0.2, 0) is 0 Å². The predicted molar refractivity (Wildman–Crippen MR) is 158 cm³/mol. The molecule has 1 aliphatic rings. The first-order valence-corrected chi connectivity index (χ1v) is 14.1. The highest BCUT2D eigenvalue weighted by molar-refractivity contribution is 7.80. The van der Waals surface area contributed by atoms with Gasteiger partial charge in [-0.2, -0.15) is 0 Å². The number of benzene rings is 3. The Morgan fingerprint density at radius 1 is 0.722 bits per heavy atom. The number of nitrogens with zero attached hydrogens (tertiary/aromatic N) is 1. The standard InChI is InChI=1S/C33H38NOP/c1-32(2,3)25-21-24(31(35)28(22-25)33(4,5)6)23-34-29-19-13-14-20-30(29)36(26-15-9-7-10-16-26)27-17-11-8-12-18-27/h7-24,31,35H,1-6H3. The van der Waals surface area contributed by atoms with Gasteiger partial charge in [0.25, 0.3) is 0 Å². The van der Waals surface area contributed by atoms with Crippen LogP contribution in [0.5, 0.6) is 0 Å². The van der Waals surface area contributed by atoms with Crippen LogP contribution in [0.3, 0.4) is 0 Å². The third-order valence-electron chi connectivity index (χ3n) is 6.64. The largest absolute Gasteiger partial charge is 0.388 e. The van der Waals surface area contributed by atoms with Gasteiger partial charge in [0, 0.05) is 17.4 Å². The van der Waals surface area contributed by atoms with Crippen LogP contribution in [0.25, 0.3) is 0 Å². The molecule has 36 heavy (non-hydrogen) atoms. The molecule has 2 atom stereocenters. The lowest BCUT2D eigenvalue weighted by atomic mass is 9.71. The molecular formula is C33H38NOP. The molecular weight excluding hydrogens is 457 g/mol. The van der Waals surface area contributed by atoms with Crippen LogP contribution >= 0.6 is 7.92 Å². The first kappa shape index (κ1) is 26.3. The van der Waals surface area contributed by atoms with Crippen molar-refractivity contribution in [2.45, 2.75) is 47.6 Å². The van der Waals surface area contributed by atoms with Crippen molar-refractivity contribution in [3.05, 3.63) is 108 Å². The molecule has 2 nitrogen and oxygen atoms in total. The number of para-hydroxylation sites is 1. The van der Waals surface area contributed by atoms with E-state index in [1.54, 1.807) is 0 Å². The lowest BCUT2D eigenvalue weighted by molar-refractivity contribution is 0.165. The molecule has 0 amide bonds. The SMILES string of the molecule is CC(C)(C)C1=CC(C=Nc2ccccc2P(c2ccccc2)c2ccccc2)C(O)C(C(C)(C)C)=C1. The number of rotatable bonds is 5. The van der Waals surface area contributed by atoms with E-state index in [-0.39, 0.29) is 16.7 Å². The minimum absolute atomic E-state index is 0.00439. The monoisotopic (exact) mass is 495 g/mol. The van der Waals surface area contributed by atoms with E-state index in [0.29, 0.717) is 0 Å². The van der Waals surface area contributed by atoms with E-state index in [1.807, 2.05) is 12.3 Å². The van der Waals surface area contributed by atoms with Crippen molar-refractivity contribution in [2.75, 3.05) is 0 Å². The molecule has 186 valence electrons. The van der Waals surface area contributed by atoms with Gasteiger partial charge in [-0.15, -0.1) is 0 Å². The van der Waals surface area contributed by atoms with E-state index in [4.69, 9.17) is 4.99 Å². The van der Waals surface area contributed by atoms with Gasteiger partial charge >= 0.3 is 0 Å². The number of aliphatic hydroxyl groups is 1. The van der Waals surface area contributed by atoms with Crippen LogP contribution in [-0.4, -0.2) is 17.4 Å². The minimum Gasteiger partial charge on any atom is -0.388 e. The Morgan fingerprint density at radius 3 is 1.78 bits per heavy atom. The third kappa shape index (κ3) is 5.94. The molecule has 0 radical (unpaired) electrons. The topological polar surface area (TPSA) is 32.6 Å². The van der Waals surface area contributed by atoms with E-state index in [0.717, 1.165) is 11.3 Å². The quantitative estimate of drug-likeness (QED) is 0.298. The highest BCUT2D eigenvalue weighted by atomic mass is 31.1. The van der Waals surface area contributed by atoms with Crippen molar-refractivity contribution in [1.29, 1.82) is 0 Å². The van der Waals surface area contributed by atoms with Gasteiger partial charge in [0.1, 0.15) is 0 Å². The van der Waals surface area contributed by atoms with Crippen LogP contribution in [0.4, 0.5) is 5.69 Å². The molecule has 1 N–H and O–H groups in total. The van der Waals surface area contributed by atoms with E-state index >= 15 is 0 Å². The summed E-state index contributed by atoms with van der Waals surface area (Å²) in [5, 5.41) is 15.2. The molecule has 0 bridgehead atoms. The summed E-state index contributed by atoms with van der Waals surface area (Å²) >= 11 is 0. The summed E-state index contributed by atoms with van der Waals surface area (Å²) in [4.78, 5) is 5.04. The summed E-state index contributed by atoms with van der Waals surface area (Å²) in [5.41, 5.74) is 3.15. The number of aliphatic hydroxyl groups excluding tert-OH is 1. The smallest absolute Gasteiger partial charge is 0.0870 e. The molecule has 0 fully saturated rings. The Hall–Kier alpha value is -2.80. The highest BCUT2D eigenvalue weighted by Gasteiger charge is 2.34. The predicted octanol–water partition coefficient (Wildman–Crippen LogP) is 7.08. The molecule has 2 unspecified atom stereocenters. The fraction of sp³-hybridized carbons (Fsp3) is 0.303. The number of allylic oxidation sites excluding steroid dienone is 2. The van der Waals surface area contributed by atoms with Gasteiger partial charge in [-0.05, 0) is 46.6 Å². The summed E-state index contributed by atoms with van der Waals surface area (Å²) in [6, 6.07) is 29.9. The maximum atomic E-state index is 11.4. The summed E-state index contributed by atoms with van der Waals surface area (Å²) in [6.45, 7) is 13.2. The van der Waals surface area contributed by atoms with Crippen molar-refractivity contribution in [3.8, 4) is 0 Å². The van der Waals surface area contributed by atoms with Crippen molar-refractivity contribution in [2.24, 2.45) is 21.7 Å². The van der Waals surface area contributed by atoms with Crippen molar-refractivity contribution in [1.82, 2.24) is 0 Å². The molecule has 3 aromatic rings. The molecule has 0 aliphatic heterocycles. The van der Waals surface area contributed by atoms with Crippen LogP contribution in [0.1, 0.15) is 41.5 Å². The molecule has 3 aromatic carbocycles. The Labute approximate surface area is 218 Å². The zero-order valence-electron chi connectivity index (χ0n) is 22.3. The zero-order chi connectivity index (χ0) is 25.9. The molecule has 4 rings (SSSR count). The van der Waals surface area contributed by atoms with Crippen LogP contribution in [0.2, 0.25) is 0 Å². The van der Waals surface area contributed by atoms with Gasteiger partial charge in [0.15, 0.2) is 0 Å². The third-order valence-corrected chi connectivity index (χ3v) is 9.12. The molecule has 3 heteroatoms. The first-order chi connectivity index (χ1) is 17.1. The second kappa shape index (κ2) is 10.7. The van der Waals surface area contributed by atoms with Gasteiger partial charge in [-0.3, -0.25) is 4.99 Å². The number of hydrogen-bond donors (Lipinski definition) is 1. The highest BCUT2D eigenvalue weighted by Crippen LogP contribution is 2.41. The molecule has 1 aliphatic carbocycles. The second-order valence-corrected chi connectivity index (χ2v) is 13.7. The summed E-state index contributed by atoms with van der Waals surface area (Å²) in [6.07, 6.45) is 5.77. The maximum absolute atomic E-state index is 11.4. The van der Waals surface area contributed by atoms with Crippen LogP contribution in [0.15, 0.2) is 113 Å². The molecule has 0 saturated carbocycles. The second-order valence-electron chi connectivity index (χ2n) is 11.5. The Bertz CT molecular complexity index is 1220. The Morgan fingerprint density at radius 2 is 1.25 bits per heavy atom. The minimum atomic E-state index is -0.765. The summed E-state index contributed by atoms with van der Waals surface area (Å²) in [7, 11) is -0.765. The van der Waals surface area contributed by atoms with E-state index in [1.165, 1.54) is 21.5 Å². The summed E-state index contributed by atoms with van der Waals surface area (Å²) in [5.74, 6) is -0.175. The maximum Gasteiger partial charge on any atom is 0.0870 e. The lowest BCUT2D eigenvalue weighted by Gasteiger charge is -2.36.